The number of hydrogen-bond acceptors (Lipinski definition) is 6. The molecule has 6 heteroatoms. The quantitative estimate of drug-likeness (QED) is 0.400. The molecule has 2 saturated carbocycles. The molecule has 4 aliphatic rings. The second kappa shape index (κ2) is 7.50. The van der Waals surface area contributed by atoms with Crippen molar-refractivity contribution in [2.45, 2.75) is 69.9 Å². The number of carbonyl (C=O) groups is 1. The number of carbonyl (C=O) groups excluding carboxylic acids is 1. The standard InChI is InChI=1S/C28H36O6/c1-16-10-21-26(32,24(16)31)14-19(15-29)11-20-23-25(3,4)27(23,13-17(2)28(20,21)33)34-22(30)12-18-8-6-5-7-9-18/h5-11,17,20-21,23-24,29,31-33H,12-15H2,1-4H3/t17-,20?,21-,23-,24?,26-,27+,28-/m1/s1. The summed E-state index contributed by atoms with van der Waals surface area (Å²) in [5.41, 5.74) is -1.94. The third kappa shape index (κ3) is 2.98. The van der Waals surface area contributed by atoms with E-state index in [4.69, 9.17) is 4.74 Å². The third-order valence-electron chi connectivity index (χ3n) is 9.57. The highest BCUT2D eigenvalue weighted by atomic mass is 16.6. The molecule has 34 heavy (non-hydrogen) atoms. The van der Waals surface area contributed by atoms with Crippen molar-refractivity contribution in [2.75, 3.05) is 6.61 Å². The highest BCUT2D eigenvalue weighted by Gasteiger charge is 2.83. The number of esters is 1. The van der Waals surface area contributed by atoms with Gasteiger partial charge in [0.05, 0.1) is 18.6 Å². The number of aliphatic hydroxyl groups is 4. The normalized spacial score (nSPS) is 44.1. The molecule has 8 atom stereocenters. The van der Waals surface area contributed by atoms with Crippen molar-refractivity contribution in [1.82, 2.24) is 0 Å². The number of aliphatic hydroxyl groups excluding tert-OH is 2. The molecule has 0 spiro atoms. The van der Waals surface area contributed by atoms with Crippen LogP contribution in [0.15, 0.2) is 53.6 Å². The number of hydrogen-bond donors (Lipinski definition) is 4. The van der Waals surface area contributed by atoms with E-state index in [2.05, 4.69) is 13.8 Å². The van der Waals surface area contributed by atoms with Crippen LogP contribution < -0.4 is 0 Å². The molecule has 2 unspecified atom stereocenters. The molecule has 0 bridgehead atoms. The van der Waals surface area contributed by atoms with E-state index in [-0.39, 0.29) is 37.3 Å². The Kier molecular flexibility index (Phi) is 5.24. The summed E-state index contributed by atoms with van der Waals surface area (Å²) < 4.78 is 6.26. The lowest BCUT2D eigenvalue weighted by Crippen LogP contribution is -2.61. The van der Waals surface area contributed by atoms with E-state index in [0.717, 1.165) is 5.56 Å². The van der Waals surface area contributed by atoms with Crippen molar-refractivity contribution >= 4 is 5.97 Å². The van der Waals surface area contributed by atoms with Gasteiger partial charge in [-0.15, -0.1) is 0 Å². The maximum Gasteiger partial charge on any atom is 0.310 e. The molecular weight excluding hydrogens is 432 g/mol. The monoisotopic (exact) mass is 468 g/mol. The predicted molar refractivity (Wildman–Crippen MR) is 126 cm³/mol. The van der Waals surface area contributed by atoms with E-state index in [9.17, 15) is 25.2 Å². The number of fused-ring (bicyclic) bond motifs is 5. The lowest BCUT2D eigenvalue weighted by atomic mass is 9.60. The highest BCUT2D eigenvalue weighted by molar-refractivity contribution is 5.74. The molecule has 4 aliphatic carbocycles. The Morgan fingerprint density at radius 2 is 1.82 bits per heavy atom. The van der Waals surface area contributed by atoms with Crippen molar-refractivity contribution < 1.29 is 30.0 Å². The van der Waals surface area contributed by atoms with Gasteiger partial charge >= 0.3 is 5.97 Å². The van der Waals surface area contributed by atoms with E-state index >= 15 is 0 Å². The van der Waals surface area contributed by atoms with Crippen molar-refractivity contribution in [1.29, 1.82) is 0 Å². The molecule has 0 aliphatic heterocycles. The molecule has 5 rings (SSSR count). The van der Waals surface area contributed by atoms with E-state index in [1.807, 2.05) is 49.4 Å². The Hall–Kier alpha value is -1.99. The van der Waals surface area contributed by atoms with Gasteiger partial charge in [0.2, 0.25) is 0 Å². The average molecular weight is 469 g/mol. The predicted octanol–water partition coefficient (Wildman–Crippen LogP) is 2.54. The summed E-state index contributed by atoms with van der Waals surface area (Å²) in [6, 6.07) is 9.50. The maximum atomic E-state index is 13.0. The molecule has 1 aromatic carbocycles. The minimum atomic E-state index is -1.58. The van der Waals surface area contributed by atoms with Gasteiger partial charge < -0.3 is 25.2 Å². The van der Waals surface area contributed by atoms with Crippen LogP contribution in [0.3, 0.4) is 0 Å². The zero-order valence-electron chi connectivity index (χ0n) is 20.4. The summed E-state index contributed by atoms with van der Waals surface area (Å²) in [4.78, 5) is 13.0. The van der Waals surface area contributed by atoms with E-state index in [1.54, 1.807) is 6.92 Å². The van der Waals surface area contributed by atoms with Crippen LogP contribution in [-0.4, -0.2) is 55.9 Å². The number of rotatable bonds is 4. The fourth-order valence-corrected chi connectivity index (χ4v) is 7.77. The second-order valence-corrected chi connectivity index (χ2v) is 11.7. The second-order valence-electron chi connectivity index (χ2n) is 11.7. The van der Waals surface area contributed by atoms with Crippen LogP contribution >= 0.6 is 0 Å². The van der Waals surface area contributed by atoms with Gasteiger partial charge in [0.15, 0.2) is 0 Å². The summed E-state index contributed by atoms with van der Waals surface area (Å²) in [6.07, 6.45) is 3.33. The fourth-order valence-electron chi connectivity index (χ4n) is 7.77. The Morgan fingerprint density at radius 1 is 1.15 bits per heavy atom. The molecule has 184 valence electrons. The van der Waals surface area contributed by atoms with Gasteiger partial charge in [0.1, 0.15) is 17.3 Å². The summed E-state index contributed by atoms with van der Waals surface area (Å²) >= 11 is 0. The minimum absolute atomic E-state index is 0.0860. The highest BCUT2D eigenvalue weighted by Crippen LogP contribution is 2.76. The molecule has 0 heterocycles. The van der Waals surface area contributed by atoms with Crippen LogP contribution in [0.1, 0.15) is 46.1 Å². The molecule has 0 radical (unpaired) electrons. The van der Waals surface area contributed by atoms with Crippen LogP contribution in [0, 0.1) is 29.1 Å². The SMILES string of the molecule is CC1=C[C@H]2[C@]3(O)C(C=C(CO)C[C@]2(O)C1O)[C@@H]1C(C)(C)[C@]1(OC(=O)Cc1ccccc1)C[C@H]3C. The first-order chi connectivity index (χ1) is 15.9. The summed E-state index contributed by atoms with van der Waals surface area (Å²) in [5.74, 6) is -1.91. The van der Waals surface area contributed by atoms with Crippen molar-refractivity contribution in [3.05, 3.63) is 59.2 Å². The summed E-state index contributed by atoms with van der Waals surface area (Å²) in [5, 5.41) is 45.0. The molecule has 0 saturated heterocycles. The Labute approximate surface area is 201 Å². The lowest BCUT2D eigenvalue weighted by Gasteiger charge is -2.51. The van der Waals surface area contributed by atoms with Crippen LogP contribution in [0.4, 0.5) is 0 Å². The molecule has 0 aromatic heterocycles. The van der Waals surface area contributed by atoms with Gasteiger partial charge in [0.25, 0.3) is 0 Å². The molecule has 0 amide bonds. The van der Waals surface area contributed by atoms with Crippen molar-refractivity contribution in [3.63, 3.8) is 0 Å². The fraction of sp³-hybridized carbons (Fsp3) is 0.607. The Balaban J connectivity index is 1.53. The molecule has 2 fully saturated rings. The smallest absolute Gasteiger partial charge is 0.310 e. The van der Waals surface area contributed by atoms with Crippen LogP contribution in [0.2, 0.25) is 0 Å². The zero-order valence-corrected chi connectivity index (χ0v) is 20.4. The van der Waals surface area contributed by atoms with Gasteiger partial charge in [-0.05, 0) is 36.0 Å². The molecular formula is C28H36O6. The van der Waals surface area contributed by atoms with Gasteiger partial charge in [-0.1, -0.05) is 63.3 Å². The Morgan fingerprint density at radius 3 is 2.47 bits per heavy atom. The van der Waals surface area contributed by atoms with Crippen LogP contribution in [-0.2, 0) is 16.0 Å². The molecule has 4 N–H and O–H groups in total. The van der Waals surface area contributed by atoms with Crippen molar-refractivity contribution in [3.8, 4) is 0 Å². The molecule has 6 nitrogen and oxygen atoms in total. The van der Waals surface area contributed by atoms with Crippen LogP contribution in [0.5, 0.6) is 0 Å². The van der Waals surface area contributed by atoms with E-state index in [0.29, 0.717) is 17.6 Å². The average Bonchev–Trinajstić information content (AvgIpc) is 3.18. The number of benzene rings is 1. The van der Waals surface area contributed by atoms with Crippen LogP contribution in [0.25, 0.3) is 0 Å². The van der Waals surface area contributed by atoms with E-state index in [1.165, 1.54) is 0 Å². The number of ether oxygens (including phenoxy) is 1. The minimum Gasteiger partial charge on any atom is -0.458 e. The summed E-state index contributed by atoms with van der Waals surface area (Å²) in [6.45, 7) is 7.58. The third-order valence-corrected chi connectivity index (χ3v) is 9.57. The first-order valence-corrected chi connectivity index (χ1v) is 12.3. The van der Waals surface area contributed by atoms with Gasteiger partial charge in [0, 0.05) is 29.6 Å². The molecule has 1 aromatic rings. The summed E-state index contributed by atoms with van der Waals surface area (Å²) in [7, 11) is 0. The van der Waals surface area contributed by atoms with Gasteiger partial charge in [-0.3, -0.25) is 4.79 Å². The van der Waals surface area contributed by atoms with Gasteiger partial charge in [-0.2, -0.15) is 0 Å². The first kappa shape index (κ1) is 23.7. The topological polar surface area (TPSA) is 107 Å². The maximum absolute atomic E-state index is 13.0. The van der Waals surface area contributed by atoms with Crippen molar-refractivity contribution in [2.24, 2.45) is 29.1 Å². The lowest BCUT2D eigenvalue weighted by molar-refractivity contribution is -0.196. The Bertz CT molecular complexity index is 1060. The van der Waals surface area contributed by atoms with E-state index < -0.39 is 40.2 Å². The first-order valence-electron chi connectivity index (χ1n) is 12.3. The van der Waals surface area contributed by atoms with Gasteiger partial charge in [-0.25, -0.2) is 0 Å². The zero-order chi connectivity index (χ0) is 24.7. The largest absolute Gasteiger partial charge is 0.458 e.